The van der Waals surface area contributed by atoms with Gasteiger partial charge in [-0.1, -0.05) is 24.4 Å². The van der Waals surface area contributed by atoms with Gasteiger partial charge in [-0.05, 0) is 0 Å². The molecule has 0 amide bonds. The van der Waals surface area contributed by atoms with Crippen molar-refractivity contribution in [3.8, 4) is 0 Å². The van der Waals surface area contributed by atoms with E-state index in [-0.39, 0.29) is 8.64 Å². The molecule has 3 nitrogen and oxygen atoms in total. The molecule has 0 aliphatic rings. The fraction of sp³-hybridized carbons (Fsp3) is 0. The van der Waals surface area contributed by atoms with E-state index in [2.05, 4.69) is 65.6 Å². The first-order valence-corrected chi connectivity index (χ1v) is 3.47. The van der Waals surface area contributed by atoms with Crippen molar-refractivity contribution < 1.29 is 4.94 Å². The second kappa shape index (κ2) is 5.24. The quantitative estimate of drug-likeness (QED) is 0.295. The van der Waals surface area contributed by atoms with Crippen molar-refractivity contribution in [2.45, 2.75) is 0 Å². The molecule has 0 saturated carbocycles. The lowest BCUT2D eigenvalue weighted by Crippen LogP contribution is -2.28. The molecule has 2 N–H and O–H groups in total. The summed E-state index contributed by atoms with van der Waals surface area (Å²) in [5, 5.41) is 0. The van der Waals surface area contributed by atoms with Gasteiger partial charge in [0.1, 0.15) is 0 Å². The van der Waals surface area contributed by atoms with Gasteiger partial charge in [-0.2, -0.15) is 4.94 Å². The average Bonchev–Trinajstić information content (AvgIpc) is 1.63. The summed E-state index contributed by atoms with van der Waals surface area (Å²) in [7, 11) is 0. The zero-order valence-corrected chi connectivity index (χ0v) is 7.54. The summed E-state index contributed by atoms with van der Waals surface area (Å²) < 4.78 is 0.430. The van der Waals surface area contributed by atoms with E-state index in [0.717, 1.165) is 0 Å². The molecule has 52 valence electrons. The molecule has 0 aromatic carbocycles. The number of hydroxylamine groups is 2. The lowest BCUT2D eigenvalue weighted by molar-refractivity contribution is 0.0438. The van der Waals surface area contributed by atoms with Crippen LogP contribution in [0.15, 0.2) is 0 Å². The Bertz CT molecular complexity index is 112. The Kier molecular flexibility index (Phi) is 5.50. The van der Waals surface area contributed by atoms with E-state index >= 15 is 0 Å². The number of nitrogens with one attached hydrogen (secondary N) is 2. The lowest BCUT2D eigenvalue weighted by Gasteiger charge is -2.02. The van der Waals surface area contributed by atoms with Gasteiger partial charge in [-0.25, -0.2) is 11.0 Å². The molecule has 0 unspecified atom stereocenters. The molecule has 0 aromatic rings. The van der Waals surface area contributed by atoms with Crippen LogP contribution in [-0.2, 0) is 4.94 Å². The van der Waals surface area contributed by atoms with Gasteiger partial charge in [0.15, 0.2) is 8.64 Å². The SMILES string of the molecule is S=C(S)NONC(=S)S. The van der Waals surface area contributed by atoms with Gasteiger partial charge in [0.25, 0.3) is 0 Å². The third-order valence-corrected chi connectivity index (χ3v) is 0.626. The predicted molar refractivity (Wildman–Crippen MR) is 50.5 cm³/mol. The third-order valence-electron chi connectivity index (χ3n) is 0.277. The Hall–Kier alpha value is 0.440. The first-order valence-electron chi connectivity index (χ1n) is 1.76. The van der Waals surface area contributed by atoms with Crippen LogP contribution >= 0.6 is 49.7 Å². The van der Waals surface area contributed by atoms with Gasteiger partial charge >= 0.3 is 0 Å². The molecule has 0 spiro atoms. The van der Waals surface area contributed by atoms with Crippen molar-refractivity contribution in [1.29, 1.82) is 0 Å². The summed E-state index contributed by atoms with van der Waals surface area (Å²) in [6.07, 6.45) is 0. The van der Waals surface area contributed by atoms with Crippen molar-refractivity contribution >= 4 is 58.3 Å². The van der Waals surface area contributed by atoms with Crippen LogP contribution < -0.4 is 11.0 Å². The standard InChI is InChI=1S/C2H4N2OS4/c6-1(7)3-5-4-2(8)9/h(H2,3,6,7)(H2,4,8,9). The maximum Gasteiger partial charge on any atom is 0.156 e. The normalized spacial score (nSPS) is 8.22. The Morgan fingerprint density at radius 2 is 1.44 bits per heavy atom. The fourth-order valence-corrected chi connectivity index (χ4v) is 0.287. The second-order valence-electron chi connectivity index (χ2n) is 0.916. The number of hydrogen-bond donors (Lipinski definition) is 4. The van der Waals surface area contributed by atoms with E-state index in [0.29, 0.717) is 0 Å². The van der Waals surface area contributed by atoms with Crippen molar-refractivity contribution in [1.82, 2.24) is 11.0 Å². The van der Waals surface area contributed by atoms with E-state index in [1.807, 2.05) is 0 Å². The van der Waals surface area contributed by atoms with Crippen LogP contribution in [0.3, 0.4) is 0 Å². The highest BCUT2D eigenvalue weighted by molar-refractivity contribution is 8.11. The molecule has 9 heavy (non-hydrogen) atoms. The maximum atomic E-state index is 4.47. The molecule has 0 fully saturated rings. The summed E-state index contributed by atoms with van der Waals surface area (Å²) in [5.41, 5.74) is 4.45. The van der Waals surface area contributed by atoms with Crippen molar-refractivity contribution in [2.24, 2.45) is 0 Å². The third kappa shape index (κ3) is 8.44. The molecule has 7 heteroatoms. The molecular weight excluding hydrogens is 196 g/mol. The minimum atomic E-state index is 0.215. The minimum absolute atomic E-state index is 0.215. The van der Waals surface area contributed by atoms with Crippen LogP contribution in [0.4, 0.5) is 0 Å². The second-order valence-corrected chi connectivity index (χ2v) is 3.23. The predicted octanol–water partition coefficient (Wildman–Crippen LogP) is 0.442. The zero-order chi connectivity index (χ0) is 7.28. The molecule has 0 bridgehead atoms. The zero-order valence-electron chi connectivity index (χ0n) is 4.12. The molecule has 0 saturated heterocycles. The first kappa shape index (κ1) is 9.44. The fourth-order valence-electron chi connectivity index (χ4n) is 0.113. The Morgan fingerprint density at radius 1 is 1.11 bits per heavy atom. The van der Waals surface area contributed by atoms with Gasteiger partial charge in [0.05, 0.1) is 0 Å². The van der Waals surface area contributed by atoms with Gasteiger partial charge in [-0.15, -0.1) is 25.3 Å². The summed E-state index contributed by atoms with van der Waals surface area (Å²) in [6, 6.07) is 0. The average molecular weight is 200 g/mol. The molecule has 0 atom stereocenters. The van der Waals surface area contributed by atoms with Crippen molar-refractivity contribution in [3.05, 3.63) is 0 Å². The summed E-state index contributed by atoms with van der Waals surface area (Å²) in [4.78, 5) is 4.42. The lowest BCUT2D eigenvalue weighted by atomic mass is 11.5. The molecule has 0 heterocycles. The molecule has 0 aliphatic carbocycles. The summed E-state index contributed by atoms with van der Waals surface area (Å²) >= 11 is 16.3. The maximum absolute atomic E-state index is 4.47. The number of thiocarbonyl (C=S) groups is 2. The molecule has 0 radical (unpaired) electrons. The Morgan fingerprint density at radius 3 is 1.67 bits per heavy atom. The van der Waals surface area contributed by atoms with Gasteiger partial charge in [0, 0.05) is 0 Å². The van der Waals surface area contributed by atoms with Crippen LogP contribution in [0.1, 0.15) is 0 Å². The first-order chi connectivity index (χ1) is 4.13. The van der Waals surface area contributed by atoms with Crippen LogP contribution in [0.2, 0.25) is 0 Å². The Balaban J connectivity index is 3.10. The van der Waals surface area contributed by atoms with E-state index in [1.165, 1.54) is 0 Å². The summed E-state index contributed by atoms with van der Waals surface area (Å²) in [5.74, 6) is 0. The van der Waals surface area contributed by atoms with Crippen molar-refractivity contribution in [2.75, 3.05) is 0 Å². The van der Waals surface area contributed by atoms with Crippen molar-refractivity contribution in [3.63, 3.8) is 0 Å². The number of hydrogen-bond acceptors (Lipinski definition) is 3. The minimum Gasteiger partial charge on any atom is -0.225 e. The van der Waals surface area contributed by atoms with Crippen LogP contribution in [0.5, 0.6) is 0 Å². The van der Waals surface area contributed by atoms with E-state index in [9.17, 15) is 0 Å². The van der Waals surface area contributed by atoms with Gasteiger partial charge in [-0.3, -0.25) is 0 Å². The number of thiol groups is 2. The van der Waals surface area contributed by atoms with Crippen LogP contribution in [-0.4, -0.2) is 8.64 Å². The largest absolute Gasteiger partial charge is 0.225 e. The van der Waals surface area contributed by atoms with E-state index in [1.54, 1.807) is 0 Å². The molecule has 0 aliphatic heterocycles. The highest BCUT2D eigenvalue weighted by Gasteiger charge is 1.86. The molecule has 0 rings (SSSR count). The van der Waals surface area contributed by atoms with E-state index < -0.39 is 0 Å². The van der Waals surface area contributed by atoms with E-state index in [4.69, 9.17) is 0 Å². The van der Waals surface area contributed by atoms with Gasteiger partial charge in [0.2, 0.25) is 0 Å². The molecule has 0 aromatic heterocycles. The molecular formula is C2H4N2OS4. The topological polar surface area (TPSA) is 33.3 Å². The highest BCUT2D eigenvalue weighted by atomic mass is 32.1. The number of rotatable bonds is 2. The summed E-state index contributed by atoms with van der Waals surface area (Å²) in [6.45, 7) is 0. The smallest absolute Gasteiger partial charge is 0.156 e. The monoisotopic (exact) mass is 200 g/mol. The van der Waals surface area contributed by atoms with Crippen LogP contribution in [0.25, 0.3) is 0 Å². The highest BCUT2D eigenvalue weighted by Crippen LogP contribution is 1.78. The van der Waals surface area contributed by atoms with Gasteiger partial charge < -0.3 is 0 Å². The van der Waals surface area contributed by atoms with Crippen LogP contribution in [0, 0.1) is 0 Å². The Labute approximate surface area is 74.3 Å².